The van der Waals surface area contributed by atoms with Crippen LogP contribution >= 0.6 is 15.9 Å². The van der Waals surface area contributed by atoms with Crippen molar-refractivity contribution in [3.8, 4) is 0 Å². The van der Waals surface area contributed by atoms with E-state index >= 15 is 0 Å². The van der Waals surface area contributed by atoms with Gasteiger partial charge in [-0.1, -0.05) is 24.3 Å². The summed E-state index contributed by atoms with van der Waals surface area (Å²) >= 11 is 3.28. The molecule has 0 bridgehead atoms. The van der Waals surface area contributed by atoms with Crippen molar-refractivity contribution < 1.29 is 14.1 Å². The molecule has 8 nitrogen and oxygen atoms in total. The number of nitro benzene ring substituents is 1. The number of nitrogens with one attached hydrogen (secondary N) is 1. The van der Waals surface area contributed by atoms with Crippen LogP contribution in [0.5, 0.6) is 0 Å². The maximum absolute atomic E-state index is 12.9. The number of non-ortho nitro benzene ring substituents is 1. The standard InChI is InChI=1S/C18H13BrFN5O3/c19-16-11-24(10-13-3-7-15(8-4-13)25(27)28)23-17(16)18(26)22-21-9-12-1-5-14(20)6-2-12/h1-9,11H,10H2,(H,22,26)/b21-9-. The van der Waals surface area contributed by atoms with E-state index in [9.17, 15) is 19.3 Å². The molecular formula is C18H13BrFN5O3. The molecule has 3 aromatic rings. The Bertz CT molecular complexity index is 1030. The number of carbonyl (C=O) groups is 1. The Kier molecular flexibility index (Phi) is 5.90. The summed E-state index contributed by atoms with van der Waals surface area (Å²) in [7, 11) is 0. The number of rotatable bonds is 6. The molecule has 0 aliphatic rings. The zero-order valence-corrected chi connectivity index (χ0v) is 15.8. The van der Waals surface area contributed by atoms with Gasteiger partial charge >= 0.3 is 0 Å². The monoisotopic (exact) mass is 445 g/mol. The number of hydrogen-bond donors (Lipinski definition) is 1. The molecule has 2 aromatic carbocycles. The summed E-state index contributed by atoms with van der Waals surface area (Å²) in [5, 5.41) is 18.7. The molecule has 0 saturated heterocycles. The fraction of sp³-hybridized carbons (Fsp3) is 0.0556. The average Bonchev–Trinajstić information content (AvgIpc) is 3.04. The molecule has 1 heterocycles. The van der Waals surface area contributed by atoms with Crippen molar-refractivity contribution in [2.75, 3.05) is 0 Å². The van der Waals surface area contributed by atoms with Gasteiger partial charge in [0, 0.05) is 18.3 Å². The van der Waals surface area contributed by atoms with E-state index in [0.29, 0.717) is 16.6 Å². The molecule has 0 atom stereocenters. The van der Waals surface area contributed by atoms with Crippen LogP contribution in [0, 0.1) is 15.9 Å². The molecule has 1 N–H and O–H groups in total. The minimum Gasteiger partial charge on any atom is -0.266 e. The quantitative estimate of drug-likeness (QED) is 0.356. The van der Waals surface area contributed by atoms with Gasteiger partial charge in [0.1, 0.15) is 5.82 Å². The predicted octanol–water partition coefficient (Wildman–Crippen LogP) is 3.51. The maximum Gasteiger partial charge on any atom is 0.293 e. The lowest BCUT2D eigenvalue weighted by Crippen LogP contribution is -2.19. The second-order valence-electron chi connectivity index (χ2n) is 5.70. The summed E-state index contributed by atoms with van der Waals surface area (Å²) in [6.07, 6.45) is 3.01. The normalized spacial score (nSPS) is 10.9. The van der Waals surface area contributed by atoms with Crippen molar-refractivity contribution in [3.63, 3.8) is 0 Å². The topological polar surface area (TPSA) is 102 Å². The molecule has 3 rings (SSSR count). The first-order valence-electron chi connectivity index (χ1n) is 7.97. The smallest absolute Gasteiger partial charge is 0.266 e. The molecule has 28 heavy (non-hydrogen) atoms. The van der Waals surface area contributed by atoms with Crippen LogP contribution in [-0.2, 0) is 6.54 Å². The number of nitro groups is 1. The highest BCUT2D eigenvalue weighted by Crippen LogP contribution is 2.17. The van der Waals surface area contributed by atoms with Gasteiger partial charge < -0.3 is 0 Å². The molecule has 0 spiro atoms. The molecule has 10 heteroatoms. The molecule has 0 fully saturated rings. The van der Waals surface area contributed by atoms with Crippen molar-refractivity contribution in [3.05, 3.63) is 92.0 Å². The third kappa shape index (κ3) is 4.86. The number of carbonyl (C=O) groups excluding carboxylic acids is 1. The first-order chi connectivity index (χ1) is 13.4. The first kappa shape index (κ1) is 19.4. The number of hydrogen-bond acceptors (Lipinski definition) is 5. The third-order valence-corrected chi connectivity index (χ3v) is 4.25. The fourth-order valence-corrected chi connectivity index (χ4v) is 2.81. The van der Waals surface area contributed by atoms with Gasteiger partial charge in [-0.2, -0.15) is 10.2 Å². The van der Waals surface area contributed by atoms with Gasteiger partial charge in [-0.25, -0.2) is 9.82 Å². The molecule has 1 amide bonds. The number of halogens is 2. The zero-order valence-electron chi connectivity index (χ0n) is 14.3. The van der Waals surface area contributed by atoms with Crippen LogP contribution in [0.25, 0.3) is 0 Å². The SMILES string of the molecule is O=C(N/N=C\c1ccc(F)cc1)c1nn(Cc2ccc([N+](=O)[O-])cc2)cc1Br. The third-order valence-electron chi connectivity index (χ3n) is 3.67. The summed E-state index contributed by atoms with van der Waals surface area (Å²) in [5.74, 6) is -0.878. The fourth-order valence-electron chi connectivity index (χ4n) is 2.31. The van der Waals surface area contributed by atoms with Crippen LogP contribution in [0.15, 0.2) is 64.3 Å². The average molecular weight is 446 g/mol. The highest BCUT2D eigenvalue weighted by atomic mass is 79.9. The lowest BCUT2D eigenvalue weighted by Gasteiger charge is -2.01. The minimum atomic E-state index is -0.521. The van der Waals surface area contributed by atoms with Crippen molar-refractivity contribution in [1.82, 2.24) is 15.2 Å². The van der Waals surface area contributed by atoms with Crippen molar-refractivity contribution >= 4 is 33.7 Å². The lowest BCUT2D eigenvalue weighted by molar-refractivity contribution is -0.384. The lowest BCUT2D eigenvalue weighted by atomic mass is 10.2. The van der Waals surface area contributed by atoms with E-state index in [0.717, 1.165) is 5.56 Å². The molecule has 142 valence electrons. The Morgan fingerprint density at radius 2 is 1.93 bits per heavy atom. The molecule has 0 aliphatic heterocycles. The van der Waals surface area contributed by atoms with E-state index < -0.39 is 10.8 Å². The van der Waals surface area contributed by atoms with E-state index in [1.54, 1.807) is 18.3 Å². The highest BCUT2D eigenvalue weighted by molar-refractivity contribution is 9.10. The predicted molar refractivity (Wildman–Crippen MR) is 104 cm³/mol. The van der Waals surface area contributed by atoms with Crippen molar-refractivity contribution in [2.45, 2.75) is 6.54 Å². The number of aromatic nitrogens is 2. The van der Waals surface area contributed by atoms with Gasteiger partial charge in [-0.3, -0.25) is 19.6 Å². The van der Waals surface area contributed by atoms with E-state index in [1.165, 1.54) is 47.3 Å². The molecule has 0 saturated carbocycles. The van der Waals surface area contributed by atoms with Gasteiger partial charge in [0.15, 0.2) is 5.69 Å². The van der Waals surface area contributed by atoms with E-state index in [-0.39, 0.29) is 17.2 Å². The molecular weight excluding hydrogens is 433 g/mol. The number of benzene rings is 2. The number of hydrazone groups is 1. The Hall–Kier alpha value is -3.40. The van der Waals surface area contributed by atoms with Gasteiger partial charge in [0.2, 0.25) is 0 Å². The van der Waals surface area contributed by atoms with E-state index in [4.69, 9.17) is 0 Å². The second kappa shape index (κ2) is 8.53. The first-order valence-corrected chi connectivity index (χ1v) is 8.77. The van der Waals surface area contributed by atoms with Crippen LogP contribution in [0.1, 0.15) is 21.6 Å². The van der Waals surface area contributed by atoms with Gasteiger partial charge in [0.25, 0.3) is 11.6 Å². The van der Waals surface area contributed by atoms with Crippen molar-refractivity contribution in [1.29, 1.82) is 0 Å². The highest BCUT2D eigenvalue weighted by Gasteiger charge is 2.15. The molecule has 0 unspecified atom stereocenters. The Labute approximate surface area is 167 Å². The van der Waals surface area contributed by atoms with Crippen molar-refractivity contribution in [2.24, 2.45) is 5.10 Å². The maximum atomic E-state index is 12.9. The zero-order chi connectivity index (χ0) is 20.1. The number of nitrogens with zero attached hydrogens (tertiary/aromatic N) is 4. The minimum absolute atomic E-state index is 0.00415. The summed E-state index contributed by atoms with van der Waals surface area (Å²) in [5.41, 5.74) is 3.92. The van der Waals surface area contributed by atoms with Crippen LogP contribution in [0.3, 0.4) is 0 Å². The van der Waals surface area contributed by atoms with Gasteiger partial charge in [-0.05, 0) is 39.2 Å². The van der Waals surface area contributed by atoms with Crippen LogP contribution in [0.2, 0.25) is 0 Å². The van der Waals surface area contributed by atoms with Crippen LogP contribution in [-0.4, -0.2) is 26.8 Å². The van der Waals surface area contributed by atoms with Crippen LogP contribution in [0.4, 0.5) is 10.1 Å². The Morgan fingerprint density at radius 3 is 2.57 bits per heavy atom. The molecule has 1 aromatic heterocycles. The number of amides is 1. The molecule has 0 radical (unpaired) electrons. The Morgan fingerprint density at radius 1 is 1.25 bits per heavy atom. The molecule has 0 aliphatic carbocycles. The van der Waals surface area contributed by atoms with E-state index in [1.807, 2.05) is 0 Å². The van der Waals surface area contributed by atoms with Gasteiger partial charge in [-0.15, -0.1) is 0 Å². The summed E-state index contributed by atoms with van der Waals surface area (Å²) in [6, 6.07) is 11.7. The summed E-state index contributed by atoms with van der Waals surface area (Å²) in [4.78, 5) is 22.5. The summed E-state index contributed by atoms with van der Waals surface area (Å²) < 4.78 is 14.9. The largest absolute Gasteiger partial charge is 0.293 e. The van der Waals surface area contributed by atoms with Crippen LogP contribution < -0.4 is 5.43 Å². The van der Waals surface area contributed by atoms with Gasteiger partial charge in [0.05, 0.1) is 22.2 Å². The van der Waals surface area contributed by atoms with E-state index in [2.05, 4.69) is 31.6 Å². The summed E-state index contributed by atoms with van der Waals surface area (Å²) in [6.45, 7) is 0.336. The Balaban J connectivity index is 1.64. The second-order valence-corrected chi connectivity index (χ2v) is 6.55.